The molecule has 5 nitrogen and oxygen atoms in total. The van der Waals surface area contributed by atoms with Crippen molar-refractivity contribution >= 4 is 10.0 Å². The SMILES string of the molecule is COC1CCC(NCCCNS(C)(=O)=O)CC1. The number of methoxy groups -OCH3 is 1. The molecule has 1 aliphatic rings. The van der Waals surface area contributed by atoms with Gasteiger partial charge in [0.05, 0.1) is 12.4 Å². The second kappa shape index (κ2) is 7.31. The largest absolute Gasteiger partial charge is 0.381 e. The maximum atomic E-state index is 10.8. The molecule has 1 rings (SSSR count). The zero-order chi connectivity index (χ0) is 12.7. The Kier molecular flexibility index (Phi) is 6.40. The Morgan fingerprint density at radius 2 is 1.82 bits per heavy atom. The van der Waals surface area contributed by atoms with Crippen molar-refractivity contribution in [2.45, 2.75) is 44.2 Å². The fourth-order valence-corrected chi connectivity index (χ4v) is 2.67. The summed E-state index contributed by atoms with van der Waals surface area (Å²) in [7, 11) is -1.26. The number of hydrogen-bond acceptors (Lipinski definition) is 4. The molecule has 0 amide bonds. The van der Waals surface area contributed by atoms with E-state index >= 15 is 0 Å². The average Bonchev–Trinajstić information content (AvgIpc) is 2.28. The summed E-state index contributed by atoms with van der Waals surface area (Å²) < 4.78 is 29.4. The Morgan fingerprint density at radius 1 is 1.18 bits per heavy atom. The third-order valence-electron chi connectivity index (χ3n) is 3.16. The van der Waals surface area contributed by atoms with Gasteiger partial charge >= 0.3 is 0 Å². The molecular formula is C11H24N2O3S. The lowest BCUT2D eigenvalue weighted by atomic mass is 9.93. The molecule has 2 N–H and O–H groups in total. The van der Waals surface area contributed by atoms with Crippen molar-refractivity contribution < 1.29 is 13.2 Å². The van der Waals surface area contributed by atoms with Crippen molar-refractivity contribution in [1.82, 2.24) is 10.0 Å². The predicted octanol–water partition coefficient (Wildman–Crippen LogP) is 0.473. The van der Waals surface area contributed by atoms with Crippen LogP contribution in [0.3, 0.4) is 0 Å². The number of rotatable bonds is 7. The summed E-state index contributed by atoms with van der Waals surface area (Å²) in [5.74, 6) is 0. The van der Waals surface area contributed by atoms with E-state index in [1.165, 1.54) is 6.26 Å². The molecule has 0 bridgehead atoms. The molecule has 102 valence electrons. The molecule has 0 saturated heterocycles. The van der Waals surface area contributed by atoms with Crippen LogP contribution in [0.4, 0.5) is 0 Å². The molecule has 0 aromatic carbocycles. The van der Waals surface area contributed by atoms with Crippen LogP contribution in [-0.4, -0.2) is 47.0 Å². The van der Waals surface area contributed by atoms with Gasteiger partial charge < -0.3 is 10.1 Å². The molecule has 1 aliphatic carbocycles. The third kappa shape index (κ3) is 6.98. The van der Waals surface area contributed by atoms with Crippen molar-refractivity contribution in [3.63, 3.8) is 0 Å². The Balaban J connectivity index is 2.01. The molecule has 0 unspecified atom stereocenters. The number of ether oxygens (including phenoxy) is 1. The minimum Gasteiger partial charge on any atom is -0.381 e. The van der Waals surface area contributed by atoms with Crippen molar-refractivity contribution in [3.8, 4) is 0 Å². The quantitative estimate of drug-likeness (QED) is 0.656. The van der Waals surface area contributed by atoms with Gasteiger partial charge in [0.1, 0.15) is 0 Å². The van der Waals surface area contributed by atoms with E-state index in [2.05, 4.69) is 10.0 Å². The van der Waals surface area contributed by atoms with E-state index in [-0.39, 0.29) is 0 Å². The summed E-state index contributed by atoms with van der Waals surface area (Å²) in [6, 6.07) is 0.569. The fraction of sp³-hybridized carbons (Fsp3) is 1.00. The average molecular weight is 264 g/mol. The zero-order valence-corrected chi connectivity index (χ0v) is 11.6. The lowest BCUT2D eigenvalue weighted by Gasteiger charge is -2.28. The molecule has 0 aromatic heterocycles. The Bertz CT molecular complexity index is 298. The van der Waals surface area contributed by atoms with Crippen molar-refractivity contribution in [1.29, 1.82) is 0 Å². The van der Waals surface area contributed by atoms with Crippen LogP contribution in [0.15, 0.2) is 0 Å². The van der Waals surface area contributed by atoms with Gasteiger partial charge in [-0.2, -0.15) is 0 Å². The van der Waals surface area contributed by atoms with E-state index in [0.717, 1.165) is 38.6 Å². The summed E-state index contributed by atoms with van der Waals surface area (Å²) in [6.45, 7) is 1.38. The molecule has 0 spiro atoms. The predicted molar refractivity (Wildman–Crippen MR) is 68.5 cm³/mol. The maximum Gasteiger partial charge on any atom is 0.208 e. The standard InChI is InChI=1S/C11H24N2O3S/c1-16-11-6-4-10(5-7-11)12-8-3-9-13-17(2,14)15/h10-13H,3-9H2,1-2H3. The molecule has 0 atom stereocenters. The molecule has 17 heavy (non-hydrogen) atoms. The second-order valence-corrected chi connectivity index (χ2v) is 6.52. The lowest BCUT2D eigenvalue weighted by molar-refractivity contribution is 0.0626. The molecule has 0 aliphatic heterocycles. The molecular weight excluding hydrogens is 240 g/mol. The summed E-state index contributed by atoms with van der Waals surface area (Å²) in [5.41, 5.74) is 0. The second-order valence-electron chi connectivity index (χ2n) is 4.68. The summed E-state index contributed by atoms with van der Waals surface area (Å²) >= 11 is 0. The Labute approximate surface area is 104 Å². The smallest absolute Gasteiger partial charge is 0.208 e. The molecule has 0 heterocycles. The molecule has 1 saturated carbocycles. The minimum atomic E-state index is -3.03. The van der Waals surface area contributed by atoms with Crippen LogP contribution in [-0.2, 0) is 14.8 Å². The van der Waals surface area contributed by atoms with Crippen LogP contribution in [0.5, 0.6) is 0 Å². The highest BCUT2D eigenvalue weighted by molar-refractivity contribution is 7.88. The molecule has 0 radical (unpaired) electrons. The highest BCUT2D eigenvalue weighted by Crippen LogP contribution is 2.20. The van der Waals surface area contributed by atoms with Gasteiger partial charge in [-0.05, 0) is 38.6 Å². The monoisotopic (exact) mass is 264 g/mol. The van der Waals surface area contributed by atoms with Crippen LogP contribution in [0.1, 0.15) is 32.1 Å². The van der Waals surface area contributed by atoms with Crippen LogP contribution in [0, 0.1) is 0 Å². The first-order valence-electron chi connectivity index (χ1n) is 6.22. The first kappa shape index (κ1) is 14.9. The van der Waals surface area contributed by atoms with E-state index in [4.69, 9.17) is 4.74 Å². The highest BCUT2D eigenvalue weighted by Gasteiger charge is 2.19. The Hall–Kier alpha value is -0.170. The van der Waals surface area contributed by atoms with Crippen LogP contribution in [0.2, 0.25) is 0 Å². The van der Waals surface area contributed by atoms with Crippen molar-refractivity contribution in [2.75, 3.05) is 26.5 Å². The number of hydrogen-bond donors (Lipinski definition) is 2. The van der Waals surface area contributed by atoms with Crippen molar-refractivity contribution in [3.05, 3.63) is 0 Å². The van der Waals surface area contributed by atoms with Crippen molar-refractivity contribution in [2.24, 2.45) is 0 Å². The van der Waals surface area contributed by atoms with Gasteiger partial charge in [0.15, 0.2) is 0 Å². The van der Waals surface area contributed by atoms with E-state index in [1.54, 1.807) is 7.11 Å². The van der Waals surface area contributed by atoms with Crippen LogP contribution in [0.25, 0.3) is 0 Å². The first-order valence-corrected chi connectivity index (χ1v) is 8.11. The topological polar surface area (TPSA) is 67.4 Å². The number of sulfonamides is 1. The number of nitrogens with one attached hydrogen (secondary N) is 2. The van der Waals surface area contributed by atoms with Crippen LogP contribution >= 0.6 is 0 Å². The van der Waals surface area contributed by atoms with Gasteiger partial charge in [-0.25, -0.2) is 13.1 Å². The maximum absolute atomic E-state index is 10.8. The van der Waals surface area contributed by atoms with E-state index in [1.807, 2.05) is 0 Å². The summed E-state index contributed by atoms with van der Waals surface area (Å²) in [5, 5.41) is 3.46. The first-order chi connectivity index (χ1) is 8.01. The molecule has 0 aromatic rings. The van der Waals surface area contributed by atoms with Gasteiger partial charge in [-0.3, -0.25) is 0 Å². The molecule has 1 fully saturated rings. The third-order valence-corrected chi connectivity index (χ3v) is 3.89. The van der Waals surface area contributed by atoms with E-state index < -0.39 is 10.0 Å². The van der Waals surface area contributed by atoms with E-state index in [0.29, 0.717) is 18.7 Å². The van der Waals surface area contributed by atoms with Gasteiger partial charge in [0.25, 0.3) is 0 Å². The Morgan fingerprint density at radius 3 is 2.35 bits per heavy atom. The summed E-state index contributed by atoms with van der Waals surface area (Å²) in [6.07, 6.45) is 6.99. The highest BCUT2D eigenvalue weighted by atomic mass is 32.2. The minimum absolute atomic E-state index is 0.431. The fourth-order valence-electron chi connectivity index (χ4n) is 2.15. The van der Waals surface area contributed by atoms with Gasteiger partial charge in [-0.15, -0.1) is 0 Å². The van der Waals surface area contributed by atoms with Gasteiger partial charge in [0, 0.05) is 19.7 Å². The van der Waals surface area contributed by atoms with Gasteiger partial charge in [0.2, 0.25) is 10.0 Å². The zero-order valence-electron chi connectivity index (χ0n) is 10.7. The summed E-state index contributed by atoms with van der Waals surface area (Å²) in [4.78, 5) is 0. The van der Waals surface area contributed by atoms with Gasteiger partial charge in [-0.1, -0.05) is 0 Å². The normalized spacial score (nSPS) is 26.0. The van der Waals surface area contributed by atoms with E-state index in [9.17, 15) is 8.42 Å². The lowest BCUT2D eigenvalue weighted by Crippen LogP contribution is -2.36. The van der Waals surface area contributed by atoms with Crippen LogP contribution < -0.4 is 10.0 Å². The molecule has 6 heteroatoms.